The number of hydrogen-bond acceptors (Lipinski definition) is 3. The highest BCUT2D eigenvalue weighted by Gasteiger charge is 2.23. The zero-order chi connectivity index (χ0) is 15.2. The number of carbonyl (C=O) groups is 1. The number of hydrogen-bond donors (Lipinski definition) is 2. The topological polar surface area (TPSA) is 41.1 Å². The third kappa shape index (κ3) is 4.13. The first-order chi connectivity index (χ1) is 10.2. The van der Waals surface area contributed by atoms with Gasteiger partial charge in [0.25, 0.3) is 5.91 Å². The molecule has 116 valence electrons. The Morgan fingerprint density at radius 2 is 2.05 bits per heavy atom. The van der Waals surface area contributed by atoms with Crippen molar-refractivity contribution in [3.05, 3.63) is 29.6 Å². The van der Waals surface area contributed by atoms with Gasteiger partial charge in [0.2, 0.25) is 0 Å². The molecule has 3 nitrogen and oxygen atoms in total. The van der Waals surface area contributed by atoms with Gasteiger partial charge in [0.1, 0.15) is 5.82 Å². The molecule has 1 aliphatic rings. The first-order valence-corrected chi connectivity index (χ1v) is 8.80. The number of carbonyl (C=O) groups excluding carboxylic acids is 1. The van der Waals surface area contributed by atoms with Crippen LogP contribution < -0.4 is 10.6 Å². The molecule has 1 aliphatic carbocycles. The number of thioether (sulfide) groups is 1. The fourth-order valence-electron chi connectivity index (χ4n) is 2.78. The molecule has 21 heavy (non-hydrogen) atoms. The van der Waals surface area contributed by atoms with Crippen molar-refractivity contribution in [1.29, 1.82) is 0 Å². The third-order valence-corrected chi connectivity index (χ3v) is 5.09. The molecule has 2 N–H and O–H groups in total. The molecular weight excluding hydrogens is 287 g/mol. The Hall–Kier alpha value is -1.23. The number of rotatable bonds is 5. The van der Waals surface area contributed by atoms with E-state index in [1.54, 1.807) is 12.1 Å². The second-order valence-electron chi connectivity index (χ2n) is 5.38. The second kappa shape index (κ2) is 7.69. The van der Waals surface area contributed by atoms with E-state index in [0.717, 1.165) is 25.7 Å². The number of benzene rings is 1. The summed E-state index contributed by atoms with van der Waals surface area (Å²) in [5.74, 6) is -0.561. The zero-order valence-electron chi connectivity index (χ0n) is 12.6. The van der Waals surface area contributed by atoms with Crippen LogP contribution in [-0.4, -0.2) is 30.0 Å². The van der Waals surface area contributed by atoms with E-state index in [0.29, 0.717) is 23.0 Å². The Bertz CT molecular complexity index is 487. The summed E-state index contributed by atoms with van der Waals surface area (Å²) in [6.07, 6.45) is 6.41. The molecule has 0 unspecified atom stereocenters. The number of anilines is 1. The predicted octanol–water partition coefficient (Wildman–Crippen LogP) is 3.66. The normalized spacial score (nSPS) is 21.9. The SMILES string of the molecule is CCNc1c(F)cccc1C(=O)NC1CCC(SC)CC1. The molecule has 0 bridgehead atoms. The molecule has 1 aromatic carbocycles. The van der Waals surface area contributed by atoms with Crippen LogP contribution in [0.2, 0.25) is 0 Å². The lowest BCUT2D eigenvalue weighted by molar-refractivity contribution is 0.0928. The average molecular weight is 310 g/mol. The minimum absolute atomic E-state index is 0.182. The molecule has 0 aromatic heterocycles. The second-order valence-corrected chi connectivity index (χ2v) is 6.51. The molecular formula is C16H23FN2OS. The minimum atomic E-state index is -0.379. The maximum Gasteiger partial charge on any atom is 0.253 e. The zero-order valence-corrected chi connectivity index (χ0v) is 13.4. The van der Waals surface area contributed by atoms with Gasteiger partial charge in [-0.05, 0) is 51.0 Å². The fourth-order valence-corrected chi connectivity index (χ4v) is 3.52. The summed E-state index contributed by atoms with van der Waals surface area (Å²) < 4.78 is 13.8. The van der Waals surface area contributed by atoms with Crippen molar-refractivity contribution in [2.24, 2.45) is 0 Å². The summed E-state index contributed by atoms with van der Waals surface area (Å²) in [4.78, 5) is 12.4. The minimum Gasteiger partial charge on any atom is -0.382 e. The smallest absolute Gasteiger partial charge is 0.253 e. The van der Waals surface area contributed by atoms with Gasteiger partial charge < -0.3 is 10.6 Å². The van der Waals surface area contributed by atoms with Crippen LogP contribution in [-0.2, 0) is 0 Å². The summed E-state index contributed by atoms with van der Waals surface area (Å²) in [6.45, 7) is 2.47. The molecule has 0 spiro atoms. The van der Waals surface area contributed by atoms with E-state index < -0.39 is 0 Å². The van der Waals surface area contributed by atoms with Gasteiger partial charge in [-0.3, -0.25) is 4.79 Å². The van der Waals surface area contributed by atoms with Gasteiger partial charge >= 0.3 is 0 Å². The molecule has 0 heterocycles. The van der Waals surface area contributed by atoms with Crippen molar-refractivity contribution < 1.29 is 9.18 Å². The lowest BCUT2D eigenvalue weighted by atomic mass is 9.94. The Morgan fingerprint density at radius 1 is 1.33 bits per heavy atom. The maximum absolute atomic E-state index is 13.8. The molecule has 1 amide bonds. The van der Waals surface area contributed by atoms with Crippen LogP contribution in [0.15, 0.2) is 18.2 Å². The molecule has 0 radical (unpaired) electrons. The monoisotopic (exact) mass is 310 g/mol. The van der Waals surface area contributed by atoms with E-state index in [1.165, 1.54) is 6.07 Å². The van der Waals surface area contributed by atoms with Crippen molar-refractivity contribution in [2.45, 2.75) is 43.9 Å². The predicted molar refractivity (Wildman–Crippen MR) is 87.6 cm³/mol. The van der Waals surface area contributed by atoms with Crippen LogP contribution >= 0.6 is 11.8 Å². The quantitative estimate of drug-likeness (QED) is 0.872. The highest BCUT2D eigenvalue weighted by Crippen LogP contribution is 2.27. The van der Waals surface area contributed by atoms with E-state index in [2.05, 4.69) is 16.9 Å². The van der Waals surface area contributed by atoms with Crippen molar-refractivity contribution in [1.82, 2.24) is 5.32 Å². The van der Waals surface area contributed by atoms with Crippen LogP contribution in [0.3, 0.4) is 0 Å². The van der Waals surface area contributed by atoms with Gasteiger partial charge in [0.15, 0.2) is 0 Å². The van der Waals surface area contributed by atoms with Crippen LogP contribution in [0.1, 0.15) is 43.0 Å². The summed E-state index contributed by atoms with van der Waals surface area (Å²) in [6, 6.07) is 4.83. The third-order valence-electron chi connectivity index (χ3n) is 3.95. The number of halogens is 1. The molecule has 2 rings (SSSR count). The molecule has 1 fully saturated rings. The largest absolute Gasteiger partial charge is 0.382 e. The van der Waals surface area contributed by atoms with E-state index in [1.807, 2.05) is 18.7 Å². The molecule has 1 aromatic rings. The lowest BCUT2D eigenvalue weighted by Crippen LogP contribution is -2.38. The molecule has 0 atom stereocenters. The van der Waals surface area contributed by atoms with Gasteiger partial charge in [-0.15, -0.1) is 0 Å². The first kappa shape index (κ1) is 16.1. The van der Waals surface area contributed by atoms with E-state index in [4.69, 9.17) is 0 Å². The van der Waals surface area contributed by atoms with E-state index in [-0.39, 0.29) is 17.8 Å². The van der Waals surface area contributed by atoms with Gasteiger partial charge in [0.05, 0.1) is 11.3 Å². The molecule has 0 aliphatic heterocycles. The molecule has 0 saturated heterocycles. The van der Waals surface area contributed by atoms with Gasteiger partial charge in [0, 0.05) is 17.8 Å². The Balaban J connectivity index is 2.02. The summed E-state index contributed by atoms with van der Waals surface area (Å²) >= 11 is 1.90. The van der Waals surface area contributed by atoms with Crippen LogP contribution in [0.25, 0.3) is 0 Å². The van der Waals surface area contributed by atoms with Gasteiger partial charge in [-0.2, -0.15) is 11.8 Å². The molecule has 5 heteroatoms. The highest BCUT2D eigenvalue weighted by atomic mass is 32.2. The van der Waals surface area contributed by atoms with Crippen molar-refractivity contribution in [3.8, 4) is 0 Å². The van der Waals surface area contributed by atoms with Crippen LogP contribution in [0.5, 0.6) is 0 Å². The van der Waals surface area contributed by atoms with Crippen LogP contribution in [0.4, 0.5) is 10.1 Å². The Labute approximate surface area is 130 Å². The van der Waals surface area contributed by atoms with Crippen molar-refractivity contribution >= 4 is 23.4 Å². The van der Waals surface area contributed by atoms with Gasteiger partial charge in [-0.1, -0.05) is 6.07 Å². The number of para-hydroxylation sites is 1. The summed E-state index contributed by atoms with van der Waals surface area (Å²) in [7, 11) is 0. The lowest BCUT2D eigenvalue weighted by Gasteiger charge is -2.28. The highest BCUT2D eigenvalue weighted by molar-refractivity contribution is 7.99. The fraction of sp³-hybridized carbons (Fsp3) is 0.562. The Kier molecular flexibility index (Phi) is 5.91. The van der Waals surface area contributed by atoms with E-state index in [9.17, 15) is 9.18 Å². The first-order valence-electron chi connectivity index (χ1n) is 7.51. The van der Waals surface area contributed by atoms with Crippen molar-refractivity contribution in [2.75, 3.05) is 18.1 Å². The van der Waals surface area contributed by atoms with E-state index >= 15 is 0 Å². The maximum atomic E-state index is 13.8. The standard InChI is InChI=1S/C16H23FN2OS/c1-3-18-15-13(5-4-6-14(15)17)16(20)19-11-7-9-12(21-2)10-8-11/h4-6,11-12,18H,3,7-10H2,1-2H3,(H,19,20). The summed E-state index contributed by atoms with van der Waals surface area (Å²) in [5.41, 5.74) is 0.694. The molecule has 1 saturated carbocycles. The summed E-state index contributed by atoms with van der Waals surface area (Å²) in [5, 5.41) is 6.70. The Morgan fingerprint density at radius 3 is 2.67 bits per heavy atom. The average Bonchev–Trinajstić information content (AvgIpc) is 2.50. The number of nitrogens with one attached hydrogen (secondary N) is 2. The number of amides is 1. The van der Waals surface area contributed by atoms with Gasteiger partial charge in [-0.25, -0.2) is 4.39 Å². The van der Waals surface area contributed by atoms with Crippen LogP contribution in [0, 0.1) is 5.82 Å². The van der Waals surface area contributed by atoms with Crippen molar-refractivity contribution in [3.63, 3.8) is 0 Å².